The van der Waals surface area contributed by atoms with Gasteiger partial charge in [-0.2, -0.15) is 20.7 Å². The van der Waals surface area contributed by atoms with Crippen molar-refractivity contribution in [3.8, 4) is 6.07 Å². The van der Waals surface area contributed by atoms with Gasteiger partial charge in [-0.05, 0) is 18.5 Å². The number of anilines is 1. The van der Waals surface area contributed by atoms with Crippen molar-refractivity contribution in [3.05, 3.63) is 27.9 Å². The van der Waals surface area contributed by atoms with Crippen LogP contribution in [0.15, 0.2) is 6.20 Å². The van der Waals surface area contributed by atoms with Crippen molar-refractivity contribution in [2.75, 3.05) is 11.9 Å². The molecule has 0 saturated carbocycles. The minimum Gasteiger partial charge on any atom is -0.312 e. The molecule has 2 aromatic heterocycles. The number of aromatic nitrogens is 3. The largest absolute Gasteiger partial charge is 0.312 e. The van der Waals surface area contributed by atoms with Crippen LogP contribution in [0, 0.1) is 11.3 Å². The highest BCUT2D eigenvalue weighted by molar-refractivity contribution is 7.16. The van der Waals surface area contributed by atoms with Crippen molar-refractivity contribution >= 4 is 22.2 Å². The van der Waals surface area contributed by atoms with E-state index in [1.807, 2.05) is 0 Å². The van der Waals surface area contributed by atoms with Crippen molar-refractivity contribution in [3.63, 3.8) is 0 Å². The molecule has 0 aromatic carbocycles. The smallest absolute Gasteiger partial charge is 0.278 e. The molecule has 0 fully saturated rings. The van der Waals surface area contributed by atoms with Gasteiger partial charge in [0.05, 0.1) is 11.8 Å². The Morgan fingerprint density at radius 3 is 3.21 bits per heavy atom. The Morgan fingerprint density at radius 2 is 2.47 bits per heavy atom. The fourth-order valence-corrected chi connectivity index (χ4v) is 3.18. The fraction of sp³-hybridized carbons (Fsp3) is 0.273. The summed E-state index contributed by atoms with van der Waals surface area (Å²) in [6, 6.07) is 2.18. The van der Waals surface area contributed by atoms with Gasteiger partial charge in [0.15, 0.2) is 5.69 Å². The van der Waals surface area contributed by atoms with E-state index >= 15 is 0 Å². The molecule has 1 aliphatic rings. The molecule has 0 atom stereocenters. The lowest BCUT2D eigenvalue weighted by molar-refractivity contribution is 0.102. The molecule has 0 bridgehead atoms. The number of H-pyrrole nitrogens is 1. The van der Waals surface area contributed by atoms with Gasteiger partial charge in [0.25, 0.3) is 5.91 Å². The van der Waals surface area contributed by atoms with E-state index < -0.39 is 0 Å². The van der Waals surface area contributed by atoms with Crippen LogP contribution in [-0.4, -0.2) is 27.9 Å². The molecule has 0 unspecified atom stereocenters. The van der Waals surface area contributed by atoms with E-state index in [1.165, 1.54) is 17.5 Å². The lowest BCUT2D eigenvalue weighted by Gasteiger charge is -2.11. The number of fused-ring (bicyclic) bond motifs is 1. The second-order valence-electron chi connectivity index (χ2n) is 4.06. The van der Waals surface area contributed by atoms with Gasteiger partial charge in [0, 0.05) is 11.4 Å². The number of hydrogen-bond donors (Lipinski definition) is 3. The van der Waals surface area contributed by atoms with E-state index in [0.717, 1.165) is 30.0 Å². The summed E-state index contributed by atoms with van der Waals surface area (Å²) >= 11 is 1.44. The monoisotopic (exact) mass is 274 g/mol. The maximum Gasteiger partial charge on any atom is 0.278 e. The molecule has 3 N–H and O–H groups in total. The van der Waals surface area contributed by atoms with Gasteiger partial charge in [-0.3, -0.25) is 4.79 Å². The third kappa shape index (κ3) is 2.09. The Hall–Kier alpha value is -2.24. The number of nitrogens with zero attached hydrogens (tertiary/aromatic N) is 3. The van der Waals surface area contributed by atoms with Crippen molar-refractivity contribution in [1.29, 1.82) is 5.26 Å². The van der Waals surface area contributed by atoms with Crippen LogP contribution < -0.4 is 10.6 Å². The van der Waals surface area contributed by atoms with Gasteiger partial charge in [0.2, 0.25) is 0 Å². The highest BCUT2D eigenvalue weighted by Gasteiger charge is 2.22. The molecule has 96 valence electrons. The van der Waals surface area contributed by atoms with Crippen LogP contribution in [-0.2, 0) is 13.0 Å². The van der Waals surface area contributed by atoms with Crippen molar-refractivity contribution in [1.82, 2.24) is 20.7 Å². The van der Waals surface area contributed by atoms with E-state index in [0.29, 0.717) is 10.6 Å². The van der Waals surface area contributed by atoms with E-state index in [9.17, 15) is 10.1 Å². The summed E-state index contributed by atoms with van der Waals surface area (Å²) in [7, 11) is 0. The third-order valence-electron chi connectivity index (χ3n) is 2.91. The quantitative estimate of drug-likeness (QED) is 0.745. The fourth-order valence-electron chi connectivity index (χ4n) is 2.02. The van der Waals surface area contributed by atoms with Crippen LogP contribution in [0.4, 0.5) is 5.00 Å². The van der Waals surface area contributed by atoms with Gasteiger partial charge in [-0.1, -0.05) is 0 Å². The number of thiophene rings is 1. The standard InChI is InChI=1S/C11H10N6OS/c12-3-7-6-1-2-13-5-9(6)19-11(7)15-10(18)8-4-14-17-16-8/h4,13H,1-2,5H2,(H,15,18)(H,14,16,17). The van der Waals surface area contributed by atoms with E-state index in [1.54, 1.807) is 0 Å². The highest BCUT2D eigenvalue weighted by atomic mass is 32.1. The summed E-state index contributed by atoms with van der Waals surface area (Å²) in [4.78, 5) is 13.0. The molecule has 19 heavy (non-hydrogen) atoms. The Kier molecular flexibility index (Phi) is 2.98. The molecule has 3 rings (SSSR count). The van der Waals surface area contributed by atoms with Crippen molar-refractivity contribution in [2.24, 2.45) is 0 Å². The number of carbonyl (C=O) groups is 1. The Morgan fingerprint density at radius 1 is 1.58 bits per heavy atom. The molecule has 1 amide bonds. The zero-order valence-corrected chi connectivity index (χ0v) is 10.7. The topological polar surface area (TPSA) is 106 Å². The Bertz CT molecular complexity index is 654. The van der Waals surface area contributed by atoms with Gasteiger partial charge in [0.1, 0.15) is 11.1 Å². The van der Waals surface area contributed by atoms with Crippen molar-refractivity contribution < 1.29 is 4.79 Å². The van der Waals surface area contributed by atoms with Crippen LogP contribution >= 0.6 is 11.3 Å². The van der Waals surface area contributed by atoms with Gasteiger partial charge >= 0.3 is 0 Å². The molecule has 8 heteroatoms. The Balaban J connectivity index is 1.91. The number of hydrogen-bond acceptors (Lipinski definition) is 6. The van der Waals surface area contributed by atoms with E-state index in [2.05, 4.69) is 32.1 Å². The van der Waals surface area contributed by atoms with Crippen LogP contribution in [0.5, 0.6) is 0 Å². The van der Waals surface area contributed by atoms with Crippen LogP contribution in [0.25, 0.3) is 0 Å². The lowest BCUT2D eigenvalue weighted by atomic mass is 10.1. The molecular weight excluding hydrogens is 264 g/mol. The van der Waals surface area contributed by atoms with E-state index in [4.69, 9.17) is 0 Å². The van der Waals surface area contributed by atoms with Crippen molar-refractivity contribution in [2.45, 2.75) is 13.0 Å². The number of nitrogens with one attached hydrogen (secondary N) is 3. The van der Waals surface area contributed by atoms with Gasteiger partial charge in [-0.25, -0.2) is 0 Å². The van der Waals surface area contributed by atoms with Gasteiger partial charge < -0.3 is 10.6 Å². The molecule has 0 spiro atoms. The second-order valence-corrected chi connectivity index (χ2v) is 5.16. The number of rotatable bonds is 2. The number of carbonyl (C=O) groups excluding carboxylic acids is 1. The predicted molar refractivity (Wildman–Crippen MR) is 68.8 cm³/mol. The average molecular weight is 274 g/mol. The first-order valence-corrected chi connectivity index (χ1v) is 6.53. The zero-order chi connectivity index (χ0) is 13.2. The van der Waals surface area contributed by atoms with Crippen LogP contribution in [0.3, 0.4) is 0 Å². The Labute approximate surface area is 112 Å². The molecule has 7 nitrogen and oxygen atoms in total. The number of aromatic amines is 1. The van der Waals surface area contributed by atoms with Crippen LogP contribution in [0.1, 0.15) is 26.5 Å². The third-order valence-corrected chi connectivity index (χ3v) is 4.06. The average Bonchev–Trinajstić information content (AvgIpc) is 3.05. The van der Waals surface area contributed by atoms with Gasteiger partial charge in [-0.15, -0.1) is 11.3 Å². The number of amides is 1. The summed E-state index contributed by atoms with van der Waals surface area (Å²) in [5.74, 6) is -0.364. The molecule has 3 heterocycles. The maximum absolute atomic E-state index is 11.9. The molecule has 0 radical (unpaired) electrons. The van der Waals surface area contributed by atoms with Crippen LogP contribution in [0.2, 0.25) is 0 Å². The summed E-state index contributed by atoms with van der Waals surface area (Å²) in [6.07, 6.45) is 2.16. The first kappa shape index (κ1) is 11.8. The SMILES string of the molecule is N#Cc1c(NC(=O)c2cn[nH]n2)sc2c1CCNC2. The minimum atomic E-state index is -0.364. The second kappa shape index (κ2) is 4.79. The minimum absolute atomic E-state index is 0.202. The molecular formula is C11H10N6OS. The predicted octanol–water partition coefficient (Wildman–Crippen LogP) is 0.636. The molecule has 0 aliphatic carbocycles. The normalized spacial score (nSPS) is 13.6. The maximum atomic E-state index is 11.9. The molecule has 2 aromatic rings. The molecule has 1 aliphatic heterocycles. The molecule has 0 saturated heterocycles. The zero-order valence-electron chi connectivity index (χ0n) is 9.86. The first-order chi connectivity index (χ1) is 9.29. The highest BCUT2D eigenvalue weighted by Crippen LogP contribution is 2.34. The summed E-state index contributed by atoms with van der Waals surface area (Å²) < 4.78 is 0. The lowest BCUT2D eigenvalue weighted by Crippen LogP contribution is -2.22. The summed E-state index contributed by atoms with van der Waals surface area (Å²) in [5, 5.41) is 25.5. The first-order valence-electron chi connectivity index (χ1n) is 5.72. The summed E-state index contributed by atoms with van der Waals surface area (Å²) in [5.41, 5.74) is 1.81. The van der Waals surface area contributed by atoms with E-state index in [-0.39, 0.29) is 11.6 Å². The summed E-state index contributed by atoms with van der Waals surface area (Å²) in [6.45, 7) is 1.60. The number of nitriles is 1.